The number of anilines is 1. The summed E-state index contributed by atoms with van der Waals surface area (Å²) in [6.07, 6.45) is 0. The Bertz CT molecular complexity index is 543. The van der Waals surface area contributed by atoms with Crippen LogP contribution in [0.5, 0.6) is 0 Å². The van der Waals surface area contributed by atoms with E-state index in [1.54, 1.807) is 7.05 Å². The highest BCUT2D eigenvalue weighted by Crippen LogP contribution is 2.14. The molecule has 18 heavy (non-hydrogen) atoms. The Balaban J connectivity index is 1.95. The zero-order chi connectivity index (χ0) is 13.1. The highest BCUT2D eigenvalue weighted by Gasteiger charge is 2.13. The summed E-state index contributed by atoms with van der Waals surface area (Å²) in [5.41, 5.74) is 0.827. The molecule has 0 aromatic carbocycles. The van der Waals surface area contributed by atoms with E-state index in [4.69, 9.17) is 4.42 Å². The highest BCUT2D eigenvalue weighted by atomic mass is 32.1. The molecule has 0 unspecified atom stereocenters. The van der Waals surface area contributed by atoms with Crippen LogP contribution in [0.4, 0.5) is 5.13 Å². The number of amides is 1. The molecule has 0 spiro atoms. The summed E-state index contributed by atoms with van der Waals surface area (Å²) in [4.78, 5) is 15.9. The molecule has 2 heterocycles. The van der Waals surface area contributed by atoms with Crippen molar-refractivity contribution < 1.29 is 9.21 Å². The van der Waals surface area contributed by atoms with E-state index in [1.165, 1.54) is 11.3 Å². The highest BCUT2D eigenvalue weighted by molar-refractivity contribution is 7.17. The second-order valence-electron chi connectivity index (χ2n) is 3.59. The predicted molar refractivity (Wildman–Crippen MR) is 66.6 cm³/mol. The molecule has 2 aromatic rings. The van der Waals surface area contributed by atoms with Crippen molar-refractivity contribution in [1.82, 2.24) is 20.5 Å². The molecule has 8 heteroatoms. The third-order valence-electron chi connectivity index (χ3n) is 2.31. The second-order valence-corrected chi connectivity index (χ2v) is 4.57. The Morgan fingerprint density at radius 3 is 2.72 bits per heavy atom. The molecule has 0 saturated heterocycles. The maximum atomic E-state index is 11.7. The van der Waals surface area contributed by atoms with Crippen molar-refractivity contribution in [1.29, 1.82) is 0 Å². The molecule has 0 aliphatic carbocycles. The van der Waals surface area contributed by atoms with E-state index < -0.39 is 0 Å². The smallest absolute Gasteiger partial charge is 0.282 e. The summed E-state index contributed by atoms with van der Waals surface area (Å²) in [5.74, 6) is 0.951. The van der Waals surface area contributed by atoms with Gasteiger partial charge in [0.15, 0.2) is 0 Å². The van der Waals surface area contributed by atoms with Gasteiger partial charge in [0.1, 0.15) is 5.76 Å². The van der Waals surface area contributed by atoms with Crippen molar-refractivity contribution in [2.45, 2.75) is 20.4 Å². The predicted octanol–water partition coefficient (Wildman–Crippen LogP) is 1.11. The van der Waals surface area contributed by atoms with E-state index in [0.717, 1.165) is 11.5 Å². The van der Waals surface area contributed by atoms with E-state index in [-0.39, 0.29) is 12.5 Å². The molecule has 0 fully saturated rings. The lowest BCUT2D eigenvalue weighted by molar-refractivity contribution is 0.0946. The van der Waals surface area contributed by atoms with Crippen LogP contribution in [0.2, 0.25) is 0 Å². The average Bonchev–Trinajstić information content (AvgIpc) is 2.94. The molecule has 0 aliphatic heterocycles. The average molecular weight is 267 g/mol. The molecule has 96 valence electrons. The number of aromatic nitrogens is 3. The molecular formula is C10H13N5O2S. The quantitative estimate of drug-likeness (QED) is 0.862. The summed E-state index contributed by atoms with van der Waals surface area (Å²) >= 11 is 1.19. The largest absolute Gasteiger partial charge is 0.444 e. The SMILES string of the molecule is CNc1nnc(C(=O)NCc2nc(C)c(C)o2)s1. The van der Waals surface area contributed by atoms with Crippen LogP contribution in [0.25, 0.3) is 0 Å². The normalized spacial score (nSPS) is 10.4. The first-order chi connectivity index (χ1) is 8.60. The van der Waals surface area contributed by atoms with Crippen LogP contribution in [0, 0.1) is 13.8 Å². The minimum atomic E-state index is -0.289. The van der Waals surface area contributed by atoms with Crippen molar-refractivity contribution in [3.8, 4) is 0 Å². The maximum absolute atomic E-state index is 11.7. The first-order valence-corrected chi connectivity index (χ1v) is 6.14. The van der Waals surface area contributed by atoms with Crippen LogP contribution in [-0.4, -0.2) is 28.1 Å². The molecule has 0 atom stereocenters. The Morgan fingerprint density at radius 2 is 2.17 bits per heavy atom. The molecule has 2 aromatic heterocycles. The Labute approximate surface area is 108 Å². The molecule has 2 N–H and O–H groups in total. The Kier molecular flexibility index (Phi) is 3.56. The number of carbonyl (C=O) groups excluding carboxylic acids is 1. The topological polar surface area (TPSA) is 92.9 Å². The lowest BCUT2D eigenvalue weighted by atomic mass is 10.4. The first-order valence-electron chi connectivity index (χ1n) is 5.32. The van der Waals surface area contributed by atoms with Crippen LogP contribution >= 0.6 is 11.3 Å². The molecule has 0 bridgehead atoms. The summed E-state index contributed by atoms with van der Waals surface area (Å²) in [7, 11) is 1.72. The van der Waals surface area contributed by atoms with E-state index in [2.05, 4.69) is 25.8 Å². The van der Waals surface area contributed by atoms with Gasteiger partial charge >= 0.3 is 0 Å². The number of hydrogen-bond donors (Lipinski definition) is 2. The van der Waals surface area contributed by atoms with Gasteiger partial charge in [-0.1, -0.05) is 11.3 Å². The van der Waals surface area contributed by atoms with Gasteiger partial charge in [0.05, 0.1) is 12.2 Å². The third kappa shape index (κ3) is 2.65. The van der Waals surface area contributed by atoms with Gasteiger partial charge in [-0.2, -0.15) is 0 Å². The van der Waals surface area contributed by atoms with Gasteiger partial charge < -0.3 is 15.1 Å². The van der Waals surface area contributed by atoms with Crippen molar-refractivity contribution in [2.75, 3.05) is 12.4 Å². The van der Waals surface area contributed by atoms with E-state index in [9.17, 15) is 4.79 Å². The van der Waals surface area contributed by atoms with Crippen LogP contribution in [0.15, 0.2) is 4.42 Å². The molecule has 1 amide bonds. The number of carbonyl (C=O) groups is 1. The third-order valence-corrected chi connectivity index (χ3v) is 3.25. The van der Waals surface area contributed by atoms with Gasteiger partial charge in [-0.25, -0.2) is 4.98 Å². The number of rotatable bonds is 4. The Morgan fingerprint density at radius 1 is 1.39 bits per heavy atom. The minimum absolute atomic E-state index is 0.238. The molecular weight excluding hydrogens is 254 g/mol. The van der Waals surface area contributed by atoms with Crippen LogP contribution in [-0.2, 0) is 6.54 Å². The van der Waals surface area contributed by atoms with Crippen molar-refractivity contribution in [3.05, 3.63) is 22.4 Å². The summed E-state index contributed by atoms with van der Waals surface area (Å²) in [5, 5.41) is 14.0. The number of hydrogen-bond acceptors (Lipinski definition) is 7. The summed E-state index contributed by atoms with van der Waals surface area (Å²) < 4.78 is 5.36. The van der Waals surface area contributed by atoms with Gasteiger partial charge in [-0.3, -0.25) is 4.79 Å². The van der Waals surface area contributed by atoms with Gasteiger partial charge in [-0.15, -0.1) is 10.2 Å². The number of nitrogens with one attached hydrogen (secondary N) is 2. The standard InChI is InChI=1S/C10H13N5O2S/c1-5-6(2)17-7(13-5)4-12-8(16)9-14-15-10(11-3)18-9/h4H2,1-3H3,(H,11,15)(H,12,16). The van der Waals surface area contributed by atoms with E-state index >= 15 is 0 Å². The fraction of sp³-hybridized carbons (Fsp3) is 0.400. The Hall–Kier alpha value is -1.96. The van der Waals surface area contributed by atoms with Crippen LogP contribution < -0.4 is 10.6 Å². The fourth-order valence-electron chi connectivity index (χ4n) is 1.26. The van der Waals surface area contributed by atoms with E-state index in [1.807, 2.05) is 13.8 Å². The lowest BCUT2D eigenvalue weighted by Gasteiger charge is -1.97. The van der Waals surface area contributed by atoms with E-state index in [0.29, 0.717) is 16.0 Å². The molecule has 0 aliphatic rings. The molecule has 7 nitrogen and oxygen atoms in total. The van der Waals surface area contributed by atoms with Gasteiger partial charge in [0, 0.05) is 7.05 Å². The van der Waals surface area contributed by atoms with Crippen molar-refractivity contribution in [2.24, 2.45) is 0 Å². The minimum Gasteiger partial charge on any atom is -0.444 e. The van der Waals surface area contributed by atoms with Crippen LogP contribution in [0.3, 0.4) is 0 Å². The van der Waals surface area contributed by atoms with Crippen molar-refractivity contribution >= 4 is 22.4 Å². The zero-order valence-corrected chi connectivity index (χ0v) is 11.1. The van der Waals surface area contributed by atoms with Gasteiger partial charge in [-0.05, 0) is 13.8 Å². The van der Waals surface area contributed by atoms with Gasteiger partial charge in [0.25, 0.3) is 5.91 Å². The monoisotopic (exact) mass is 267 g/mol. The first kappa shape index (κ1) is 12.5. The maximum Gasteiger partial charge on any atom is 0.282 e. The van der Waals surface area contributed by atoms with Crippen molar-refractivity contribution in [3.63, 3.8) is 0 Å². The molecule has 0 radical (unpaired) electrons. The molecule has 0 saturated carbocycles. The van der Waals surface area contributed by atoms with Crippen LogP contribution in [0.1, 0.15) is 27.1 Å². The summed E-state index contributed by atoms with van der Waals surface area (Å²) in [6, 6.07) is 0. The lowest BCUT2D eigenvalue weighted by Crippen LogP contribution is -2.22. The molecule has 2 rings (SSSR count). The number of oxazole rings is 1. The zero-order valence-electron chi connectivity index (χ0n) is 10.3. The summed E-state index contributed by atoms with van der Waals surface area (Å²) in [6.45, 7) is 3.92. The number of nitrogens with zero attached hydrogens (tertiary/aromatic N) is 3. The van der Waals surface area contributed by atoms with Gasteiger partial charge in [0.2, 0.25) is 16.0 Å². The number of aryl methyl sites for hydroxylation is 2. The second kappa shape index (κ2) is 5.13. The fourth-order valence-corrected chi connectivity index (χ4v) is 1.88.